The van der Waals surface area contributed by atoms with Crippen molar-refractivity contribution in [2.24, 2.45) is 5.73 Å². The van der Waals surface area contributed by atoms with Crippen LogP contribution in [0.5, 0.6) is 0 Å². The number of rotatable bonds is 9. The summed E-state index contributed by atoms with van der Waals surface area (Å²) in [7, 11) is -1.75. The summed E-state index contributed by atoms with van der Waals surface area (Å²) in [5.41, 5.74) is 6.55. The number of sulfonamides is 1. The van der Waals surface area contributed by atoms with Gasteiger partial charge in [-0.25, -0.2) is 12.7 Å². The molecule has 0 aromatic carbocycles. The third kappa shape index (κ3) is 4.07. The highest BCUT2D eigenvalue weighted by Crippen LogP contribution is 2.19. The lowest BCUT2D eigenvalue weighted by molar-refractivity contribution is 0.454. The number of nitrogens with two attached hydrogens (primary N) is 1. The Morgan fingerprint density at radius 3 is 2.50 bits per heavy atom. The lowest BCUT2D eigenvalue weighted by Crippen LogP contribution is -2.27. The van der Waals surface area contributed by atoms with E-state index in [4.69, 9.17) is 5.73 Å². The summed E-state index contributed by atoms with van der Waals surface area (Å²) in [6.45, 7) is 5.88. The van der Waals surface area contributed by atoms with Gasteiger partial charge in [-0.1, -0.05) is 26.7 Å². The Bertz CT molecular complexity index is 508. The average molecular weight is 301 g/mol. The molecule has 116 valence electrons. The van der Waals surface area contributed by atoms with Crippen LogP contribution in [-0.2, 0) is 23.1 Å². The number of unbranched alkanes of at least 4 members (excludes halogenated alkanes) is 2. The molecular formula is C14H27N3O2S. The van der Waals surface area contributed by atoms with Gasteiger partial charge in [0.25, 0.3) is 0 Å². The molecular weight excluding hydrogens is 274 g/mol. The van der Waals surface area contributed by atoms with E-state index in [1.54, 1.807) is 19.3 Å². The van der Waals surface area contributed by atoms with Crippen molar-refractivity contribution in [1.82, 2.24) is 8.87 Å². The number of aryl methyl sites for hydroxylation is 1. The fraction of sp³-hybridized carbons (Fsp3) is 0.714. The molecule has 2 N–H and O–H groups in total. The molecule has 0 aliphatic rings. The van der Waals surface area contributed by atoms with Crippen molar-refractivity contribution < 1.29 is 8.42 Å². The van der Waals surface area contributed by atoms with Crippen LogP contribution in [0.3, 0.4) is 0 Å². The molecule has 1 aromatic heterocycles. The molecule has 0 amide bonds. The maximum Gasteiger partial charge on any atom is 0.244 e. The Morgan fingerprint density at radius 2 is 1.95 bits per heavy atom. The summed E-state index contributed by atoms with van der Waals surface area (Å²) in [4.78, 5) is 0.352. The highest BCUT2D eigenvalue weighted by atomic mass is 32.2. The second kappa shape index (κ2) is 7.81. The Morgan fingerprint density at radius 1 is 1.25 bits per heavy atom. The molecule has 0 unspecified atom stereocenters. The monoisotopic (exact) mass is 301 g/mol. The normalized spacial score (nSPS) is 12.2. The van der Waals surface area contributed by atoms with Crippen molar-refractivity contribution in [1.29, 1.82) is 0 Å². The van der Waals surface area contributed by atoms with Crippen LogP contribution in [0.4, 0.5) is 0 Å². The number of aromatic nitrogens is 1. The minimum atomic E-state index is -3.39. The quantitative estimate of drug-likeness (QED) is 0.711. The molecule has 20 heavy (non-hydrogen) atoms. The molecule has 0 aliphatic heterocycles. The van der Waals surface area contributed by atoms with Gasteiger partial charge in [0.05, 0.1) is 0 Å². The molecule has 0 saturated heterocycles. The van der Waals surface area contributed by atoms with Crippen LogP contribution in [0.1, 0.15) is 45.2 Å². The Hall–Kier alpha value is -0.850. The topological polar surface area (TPSA) is 68.3 Å². The summed E-state index contributed by atoms with van der Waals surface area (Å²) in [5, 5.41) is 0. The van der Waals surface area contributed by atoms with Gasteiger partial charge in [-0.15, -0.1) is 0 Å². The van der Waals surface area contributed by atoms with Gasteiger partial charge in [0, 0.05) is 38.6 Å². The molecule has 6 heteroatoms. The molecule has 0 radical (unpaired) electrons. The highest BCUT2D eigenvalue weighted by Gasteiger charge is 2.22. The maximum absolute atomic E-state index is 12.5. The molecule has 0 atom stereocenters. The van der Waals surface area contributed by atoms with Gasteiger partial charge >= 0.3 is 0 Å². The van der Waals surface area contributed by atoms with Crippen LogP contribution < -0.4 is 5.73 Å². The molecule has 1 heterocycles. The van der Waals surface area contributed by atoms with Gasteiger partial charge in [-0.3, -0.25) is 0 Å². The standard InChI is InChI=1S/C14H27N3O2S/c1-4-6-7-9-16(3)20(18,19)14-10-13(11-15)17(12-14)8-5-2/h10,12H,4-9,11,15H2,1-3H3. The van der Waals surface area contributed by atoms with Crippen LogP contribution >= 0.6 is 0 Å². The lowest BCUT2D eigenvalue weighted by atomic mass is 10.2. The first-order valence-electron chi connectivity index (χ1n) is 7.32. The SMILES string of the molecule is CCCCCN(C)S(=O)(=O)c1cc(CN)n(CCC)c1. The van der Waals surface area contributed by atoms with Gasteiger partial charge in [-0.2, -0.15) is 0 Å². The van der Waals surface area contributed by atoms with Gasteiger partial charge in [0.1, 0.15) is 4.90 Å². The zero-order valence-electron chi connectivity index (χ0n) is 12.8. The first kappa shape index (κ1) is 17.2. The van der Waals surface area contributed by atoms with Gasteiger partial charge < -0.3 is 10.3 Å². The van der Waals surface area contributed by atoms with E-state index in [9.17, 15) is 8.42 Å². The van der Waals surface area contributed by atoms with E-state index in [-0.39, 0.29) is 0 Å². The van der Waals surface area contributed by atoms with E-state index < -0.39 is 10.0 Å². The third-order valence-corrected chi connectivity index (χ3v) is 5.24. The molecule has 0 saturated carbocycles. The minimum Gasteiger partial charge on any atom is -0.349 e. The van der Waals surface area contributed by atoms with Crippen molar-refractivity contribution in [3.05, 3.63) is 18.0 Å². The second-order valence-corrected chi connectivity index (χ2v) is 7.14. The predicted octanol–water partition coefficient (Wildman–Crippen LogP) is 2.17. The molecule has 5 nitrogen and oxygen atoms in total. The zero-order valence-corrected chi connectivity index (χ0v) is 13.6. The first-order valence-corrected chi connectivity index (χ1v) is 8.76. The summed E-state index contributed by atoms with van der Waals surface area (Å²) >= 11 is 0. The maximum atomic E-state index is 12.5. The fourth-order valence-corrected chi connectivity index (χ4v) is 3.45. The summed E-state index contributed by atoms with van der Waals surface area (Å²) in [6.07, 6.45) is 5.68. The average Bonchev–Trinajstić information content (AvgIpc) is 2.83. The van der Waals surface area contributed by atoms with Crippen molar-refractivity contribution in [2.45, 2.75) is 57.5 Å². The Balaban J connectivity index is 2.91. The largest absolute Gasteiger partial charge is 0.349 e. The van der Waals surface area contributed by atoms with E-state index in [0.29, 0.717) is 18.0 Å². The lowest BCUT2D eigenvalue weighted by Gasteiger charge is -2.15. The van der Waals surface area contributed by atoms with Crippen LogP contribution in [-0.4, -0.2) is 30.9 Å². The smallest absolute Gasteiger partial charge is 0.244 e. The number of hydrogen-bond donors (Lipinski definition) is 1. The molecule has 0 spiro atoms. The molecule has 0 aliphatic carbocycles. The van der Waals surface area contributed by atoms with Crippen LogP contribution in [0, 0.1) is 0 Å². The van der Waals surface area contributed by atoms with Crippen molar-refractivity contribution in [2.75, 3.05) is 13.6 Å². The van der Waals surface area contributed by atoms with Crippen molar-refractivity contribution in [3.8, 4) is 0 Å². The third-order valence-electron chi connectivity index (χ3n) is 3.42. The zero-order chi connectivity index (χ0) is 15.2. The molecule has 1 rings (SSSR count). The summed E-state index contributed by atoms with van der Waals surface area (Å²) < 4.78 is 28.3. The second-order valence-electron chi connectivity index (χ2n) is 5.10. The first-order chi connectivity index (χ1) is 9.47. The van der Waals surface area contributed by atoms with E-state index in [0.717, 1.165) is 37.9 Å². The summed E-state index contributed by atoms with van der Waals surface area (Å²) in [5.74, 6) is 0. The van der Waals surface area contributed by atoms with Crippen LogP contribution in [0.15, 0.2) is 17.2 Å². The van der Waals surface area contributed by atoms with Gasteiger partial charge in [0.15, 0.2) is 0 Å². The number of hydrogen-bond acceptors (Lipinski definition) is 3. The summed E-state index contributed by atoms with van der Waals surface area (Å²) in [6, 6.07) is 1.70. The predicted molar refractivity (Wildman–Crippen MR) is 82.0 cm³/mol. The van der Waals surface area contributed by atoms with Crippen LogP contribution in [0.2, 0.25) is 0 Å². The van der Waals surface area contributed by atoms with E-state index in [1.807, 2.05) is 4.57 Å². The molecule has 0 fully saturated rings. The van der Waals surface area contributed by atoms with Crippen molar-refractivity contribution >= 4 is 10.0 Å². The van der Waals surface area contributed by atoms with Crippen molar-refractivity contribution in [3.63, 3.8) is 0 Å². The Kier molecular flexibility index (Phi) is 6.71. The van der Waals surface area contributed by atoms with Gasteiger partial charge in [-0.05, 0) is 18.9 Å². The Labute approximate surface area is 122 Å². The number of nitrogens with zero attached hydrogens (tertiary/aromatic N) is 2. The van der Waals surface area contributed by atoms with E-state index in [1.165, 1.54) is 4.31 Å². The van der Waals surface area contributed by atoms with E-state index >= 15 is 0 Å². The van der Waals surface area contributed by atoms with Crippen LogP contribution in [0.25, 0.3) is 0 Å². The molecule has 1 aromatic rings. The highest BCUT2D eigenvalue weighted by molar-refractivity contribution is 7.89. The van der Waals surface area contributed by atoms with Gasteiger partial charge in [0.2, 0.25) is 10.0 Å². The van der Waals surface area contributed by atoms with E-state index in [2.05, 4.69) is 13.8 Å². The minimum absolute atomic E-state index is 0.352. The fourth-order valence-electron chi connectivity index (χ4n) is 2.17. The molecule has 0 bridgehead atoms.